The van der Waals surface area contributed by atoms with Crippen LogP contribution < -0.4 is 10.6 Å². The number of esters is 1. The molecule has 1 aliphatic heterocycles. The van der Waals surface area contributed by atoms with Gasteiger partial charge in [0.25, 0.3) is 5.91 Å². The molecular formula is C20H20N2O4. The maximum atomic E-state index is 12.3. The first-order valence-electron chi connectivity index (χ1n) is 8.49. The Morgan fingerprint density at radius 2 is 1.62 bits per heavy atom. The van der Waals surface area contributed by atoms with Gasteiger partial charge in [-0.25, -0.2) is 4.79 Å². The lowest BCUT2D eigenvalue weighted by atomic mass is 9.99. The summed E-state index contributed by atoms with van der Waals surface area (Å²) in [6.07, 6.45) is 0.700. The van der Waals surface area contributed by atoms with Crippen molar-refractivity contribution in [3.05, 3.63) is 71.8 Å². The minimum atomic E-state index is -0.658. The lowest BCUT2D eigenvalue weighted by Gasteiger charge is -2.20. The second-order valence-corrected chi connectivity index (χ2v) is 6.09. The minimum Gasteiger partial charge on any atom is -0.454 e. The molecule has 2 aromatic rings. The molecule has 3 rings (SSSR count). The summed E-state index contributed by atoms with van der Waals surface area (Å²) in [4.78, 5) is 35.4. The lowest BCUT2D eigenvalue weighted by Crippen LogP contribution is -2.38. The quantitative estimate of drug-likeness (QED) is 0.775. The highest BCUT2D eigenvalue weighted by atomic mass is 16.5. The summed E-state index contributed by atoms with van der Waals surface area (Å²) in [5.74, 6) is -1.16. The third-order valence-electron chi connectivity index (χ3n) is 4.20. The Morgan fingerprint density at radius 1 is 1.04 bits per heavy atom. The Labute approximate surface area is 151 Å². The van der Waals surface area contributed by atoms with E-state index in [0.29, 0.717) is 12.8 Å². The predicted molar refractivity (Wildman–Crippen MR) is 95.0 cm³/mol. The van der Waals surface area contributed by atoms with E-state index in [1.807, 2.05) is 60.7 Å². The summed E-state index contributed by atoms with van der Waals surface area (Å²) >= 11 is 0. The van der Waals surface area contributed by atoms with E-state index in [1.54, 1.807) is 0 Å². The van der Waals surface area contributed by atoms with Crippen molar-refractivity contribution in [2.45, 2.75) is 24.9 Å². The molecule has 2 amide bonds. The maximum Gasteiger partial charge on any atom is 0.329 e. The lowest BCUT2D eigenvalue weighted by molar-refractivity contribution is -0.150. The molecule has 6 nitrogen and oxygen atoms in total. The summed E-state index contributed by atoms with van der Waals surface area (Å²) in [6, 6.07) is 18.1. The first-order valence-corrected chi connectivity index (χ1v) is 8.49. The molecule has 1 aliphatic rings. The highest BCUT2D eigenvalue weighted by Gasteiger charge is 2.29. The molecule has 1 atom stereocenters. The molecule has 2 aromatic carbocycles. The normalized spacial score (nSPS) is 16.2. The second-order valence-electron chi connectivity index (χ2n) is 6.09. The van der Waals surface area contributed by atoms with Crippen LogP contribution in [0.3, 0.4) is 0 Å². The molecule has 26 heavy (non-hydrogen) atoms. The van der Waals surface area contributed by atoms with Crippen molar-refractivity contribution >= 4 is 17.8 Å². The predicted octanol–water partition coefficient (Wildman–Crippen LogP) is 1.71. The van der Waals surface area contributed by atoms with Crippen LogP contribution >= 0.6 is 0 Å². The molecule has 0 aliphatic carbocycles. The van der Waals surface area contributed by atoms with Crippen molar-refractivity contribution in [3.8, 4) is 0 Å². The van der Waals surface area contributed by atoms with Gasteiger partial charge < -0.3 is 15.4 Å². The van der Waals surface area contributed by atoms with E-state index in [0.717, 1.165) is 11.1 Å². The SMILES string of the molecule is O=C(COC(=O)[C@@H]1CCC(=O)N1)NC(c1ccccc1)c1ccccc1. The molecular weight excluding hydrogens is 332 g/mol. The first kappa shape index (κ1) is 17.7. The minimum absolute atomic E-state index is 0.176. The van der Waals surface area contributed by atoms with Gasteiger partial charge in [0.05, 0.1) is 6.04 Å². The molecule has 0 radical (unpaired) electrons. The topological polar surface area (TPSA) is 84.5 Å². The summed E-state index contributed by atoms with van der Waals surface area (Å²) in [6.45, 7) is -0.388. The molecule has 134 valence electrons. The van der Waals surface area contributed by atoms with Gasteiger partial charge in [0.1, 0.15) is 6.04 Å². The number of ether oxygens (including phenoxy) is 1. The highest BCUT2D eigenvalue weighted by Crippen LogP contribution is 2.21. The van der Waals surface area contributed by atoms with Gasteiger partial charge >= 0.3 is 5.97 Å². The van der Waals surface area contributed by atoms with Crippen LogP contribution in [-0.4, -0.2) is 30.4 Å². The van der Waals surface area contributed by atoms with Crippen LogP contribution in [0.2, 0.25) is 0 Å². The Morgan fingerprint density at radius 3 is 2.12 bits per heavy atom. The second kappa shape index (κ2) is 8.29. The van der Waals surface area contributed by atoms with Gasteiger partial charge in [-0.15, -0.1) is 0 Å². The Hall–Kier alpha value is -3.15. The smallest absolute Gasteiger partial charge is 0.329 e. The van der Waals surface area contributed by atoms with Crippen molar-refractivity contribution in [1.82, 2.24) is 10.6 Å². The number of carbonyl (C=O) groups is 3. The van der Waals surface area contributed by atoms with Crippen LogP contribution in [0.4, 0.5) is 0 Å². The van der Waals surface area contributed by atoms with Gasteiger partial charge in [-0.05, 0) is 17.5 Å². The summed E-state index contributed by atoms with van der Waals surface area (Å²) in [7, 11) is 0. The molecule has 2 N–H and O–H groups in total. The van der Waals surface area contributed by atoms with E-state index < -0.39 is 17.9 Å². The van der Waals surface area contributed by atoms with E-state index in [-0.39, 0.29) is 18.6 Å². The van der Waals surface area contributed by atoms with Crippen molar-refractivity contribution in [1.29, 1.82) is 0 Å². The average Bonchev–Trinajstić information content (AvgIpc) is 3.12. The number of amides is 2. The Bertz CT molecular complexity index is 737. The van der Waals surface area contributed by atoms with Crippen molar-refractivity contribution in [2.75, 3.05) is 6.61 Å². The van der Waals surface area contributed by atoms with Crippen LogP contribution in [0.15, 0.2) is 60.7 Å². The van der Waals surface area contributed by atoms with Crippen molar-refractivity contribution in [2.24, 2.45) is 0 Å². The zero-order valence-electron chi connectivity index (χ0n) is 14.2. The van der Waals surface area contributed by atoms with Gasteiger partial charge in [0, 0.05) is 6.42 Å². The molecule has 6 heteroatoms. The molecule has 1 fully saturated rings. The van der Waals surface area contributed by atoms with Crippen molar-refractivity contribution < 1.29 is 19.1 Å². The summed E-state index contributed by atoms with van der Waals surface area (Å²) in [5.41, 5.74) is 1.86. The zero-order valence-corrected chi connectivity index (χ0v) is 14.2. The van der Waals surface area contributed by atoms with E-state index >= 15 is 0 Å². The number of hydrogen-bond donors (Lipinski definition) is 2. The molecule has 1 heterocycles. The molecule has 0 bridgehead atoms. The van der Waals surface area contributed by atoms with Gasteiger partial charge in [0.2, 0.25) is 5.91 Å². The summed E-state index contributed by atoms with van der Waals surface area (Å²) in [5, 5.41) is 5.43. The monoisotopic (exact) mass is 352 g/mol. The van der Waals surface area contributed by atoms with Crippen LogP contribution in [0.5, 0.6) is 0 Å². The fourth-order valence-corrected chi connectivity index (χ4v) is 2.88. The largest absolute Gasteiger partial charge is 0.454 e. The molecule has 0 unspecified atom stereocenters. The third-order valence-corrected chi connectivity index (χ3v) is 4.20. The number of carbonyl (C=O) groups excluding carboxylic acids is 3. The summed E-state index contributed by atoms with van der Waals surface area (Å²) < 4.78 is 5.04. The average molecular weight is 352 g/mol. The van der Waals surface area contributed by atoms with Crippen LogP contribution in [0.25, 0.3) is 0 Å². The van der Waals surface area contributed by atoms with Crippen LogP contribution in [0, 0.1) is 0 Å². The van der Waals surface area contributed by atoms with E-state index in [2.05, 4.69) is 10.6 Å². The van der Waals surface area contributed by atoms with E-state index in [4.69, 9.17) is 4.74 Å². The van der Waals surface area contributed by atoms with Gasteiger partial charge in [0.15, 0.2) is 6.61 Å². The fourth-order valence-electron chi connectivity index (χ4n) is 2.88. The van der Waals surface area contributed by atoms with Crippen LogP contribution in [-0.2, 0) is 19.1 Å². The number of hydrogen-bond acceptors (Lipinski definition) is 4. The Balaban J connectivity index is 1.62. The van der Waals surface area contributed by atoms with Crippen LogP contribution in [0.1, 0.15) is 30.0 Å². The molecule has 0 saturated carbocycles. The van der Waals surface area contributed by atoms with E-state index in [1.165, 1.54) is 0 Å². The van der Waals surface area contributed by atoms with Gasteiger partial charge in [-0.3, -0.25) is 9.59 Å². The number of benzene rings is 2. The van der Waals surface area contributed by atoms with Gasteiger partial charge in [-0.2, -0.15) is 0 Å². The number of rotatable bonds is 6. The molecule has 0 aromatic heterocycles. The Kier molecular flexibility index (Phi) is 5.63. The zero-order chi connectivity index (χ0) is 18.4. The highest BCUT2D eigenvalue weighted by molar-refractivity contribution is 5.89. The van der Waals surface area contributed by atoms with Crippen molar-refractivity contribution in [3.63, 3.8) is 0 Å². The standard InChI is InChI=1S/C20H20N2O4/c23-17-12-11-16(21-17)20(25)26-13-18(24)22-19(14-7-3-1-4-8-14)15-9-5-2-6-10-15/h1-10,16,19H,11-13H2,(H,21,23)(H,22,24)/t16-/m0/s1. The fraction of sp³-hybridized carbons (Fsp3) is 0.250. The molecule has 0 spiro atoms. The third kappa shape index (κ3) is 4.47. The molecule has 1 saturated heterocycles. The maximum absolute atomic E-state index is 12.3. The van der Waals surface area contributed by atoms with Gasteiger partial charge in [-0.1, -0.05) is 60.7 Å². The number of nitrogens with one attached hydrogen (secondary N) is 2. The first-order chi connectivity index (χ1) is 12.6. The van der Waals surface area contributed by atoms with E-state index in [9.17, 15) is 14.4 Å².